The minimum Gasteiger partial charge on any atom is -0.372 e. The molecule has 0 aromatic rings. The standard InChI is InChI=1S/C8H17NO3S/c1-12-7-13(2,11)9-5-3-8(10)4-6-9/h13H,3-7H2,1-2H3. The first-order chi connectivity index (χ1) is 6.06. The summed E-state index contributed by atoms with van der Waals surface area (Å²) < 4.78 is 18.7. The molecule has 5 heteroatoms. The molecule has 0 aliphatic carbocycles. The van der Waals surface area contributed by atoms with E-state index in [9.17, 15) is 9.00 Å². The van der Waals surface area contributed by atoms with E-state index in [0.29, 0.717) is 25.9 Å². The number of hydrogen-bond donors (Lipinski definition) is 1. The zero-order valence-corrected chi connectivity index (χ0v) is 9.05. The van der Waals surface area contributed by atoms with Crippen LogP contribution in [0.1, 0.15) is 12.8 Å². The molecule has 1 rings (SSSR count). The lowest BCUT2D eigenvalue weighted by molar-refractivity contribution is -0.120. The van der Waals surface area contributed by atoms with Gasteiger partial charge in [0.1, 0.15) is 11.7 Å². The SMILES string of the molecule is COC[SH](C)(=O)N1CCC(=O)CC1. The molecule has 78 valence electrons. The Kier molecular flexibility index (Phi) is 3.58. The molecule has 0 aromatic carbocycles. The molecule has 1 aliphatic rings. The molecule has 1 heterocycles. The Hall–Kier alpha value is -0.260. The number of methoxy groups -OCH3 is 1. The van der Waals surface area contributed by atoms with E-state index >= 15 is 0 Å². The number of carbonyl (C=O) groups excluding carboxylic acids is 1. The fourth-order valence-electron chi connectivity index (χ4n) is 1.49. The van der Waals surface area contributed by atoms with Crippen molar-refractivity contribution in [2.24, 2.45) is 0 Å². The van der Waals surface area contributed by atoms with Gasteiger partial charge >= 0.3 is 0 Å². The largest absolute Gasteiger partial charge is 0.372 e. The fourth-order valence-corrected chi connectivity index (χ4v) is 3.18. The zero-order chi connectivity index (χ0) is 9.90. The second-order valence-corrected chi connectivity index (χ2v) is 6.39. The van der Waals surface area contributed by atoms with Gasteiger partial charge in [-0.3, -0.25) is 9.00 Å². The normalized spacial score (nSPS) is 21.8. The number of thiol groups is 1. The molecule has 0 spiro atoms. The van der Waals surface area contributed by atoms with Crippen molar-refractivity contribution in [2.75, 3.05) is 32.4 Å². The maximum Gasteiger partial charge on any atom is 0.135 e. The molecule has 4 nitrogen and oxygen atoms in total. The van der Waals surface area contributed by atoms with Crippen LogP contribution in [0.3, 0.4) is 0 Å². The van der Waals surface area contributed by atoms with Crippen molar-refractivity contribution in [3.8, 4) is 0 Å². The van der Waals surface area contributed by atoms with E-state index in [0.717, 1.165) is 0 Å². The van der Waals surface area contributed by atoms with Crippen molar-refractivity contribution in [1.29, 1.82) is 0 Å². The second-order valence-electron chi connectivity index (χ2n) is 3.46. The first-order valence-electron chi connectivity index (χ1n) is 4.39. The Morgan fingerprint density at radius 2 is 2.00 bits per heavy atom. The van der Waals surface area contributed by atoms with Crippen molar-refractivity contribution in [3.05, 3.63) is 0 Å². The summed E-state index contributed by atoms with van der Waals surface area (Å²) >= 11 is 0. The Bertz CT molecular complexity index is 232. The first-order valence-corrected chi connectivity index (χ1v) is 6.68. The van der Waals surface area contributed by atoms with Gasteiger partial charge in [-0.05, 0) is 10.1 Å². The van der Waals surface area contributed by atoms with Gasteiger partial charge in [-0.2, -0.15) is 0 Å². The van der Waals surface area contributed by atoms with Crippen LogP contribution >= 0.6 is 0 Å². The van der Waals surface area contributed by atoms with Crippen LogP contribution in [0, 0.1) is 0 Å². The van der Waals surface area contributed by atoms with E-state index in [4.69, 9.17) is 4.74 Å². The van der Waals surface area contributed by atoms with Gasteiger partial charge in [-0.15, -0.1) is 0 Å². The molecule has 0 atom stereocenters. The molecule has 0 amide bonds. The van der Waals surface area contributed by atoms with Gasteiger partial charge in [-0.1, -0.05) is 0 Å². The number of hydrogen-bond acceptors (Lipinski definition) is 3. The lowest BCUT2D eigenvalue weighted by Gasteiger charge is -2.35. The van der Waals surface area contributed by atoms with Gasteiger partial charge < -0.3 is 4.74 Å². The number of ketones is 1. The average Bonchev–Trinajstić information content (AvgIpc) is 2.05. The monoisotopic (exact) mass is 207 g/mol. The lowest BCUT2D eigenvalue weighted by atomic mass is 10.1. The highest BCUT2D eigenvalue weighted by Crippen LogP contribution is 2.15. The highest BCUT2D eigenvalue weighted by molar-refractivity contribution is 8.00. The minimum absolute atomic E-state index is 0.272. The highest BCUT2D eigenvalue weighted by Gasteiger charge is 2.24. The number of ether oxygens (including phenoxy) is 1. The van der Waals surface area contributed by atoms with Gasteiger partial charge in [0.25, 0.3) is 0 Å². The molecular weight excluding hydrogens is 190 g/mol. The summed E-state index contributed by atoms with van der Waals surface area (Å²) in [6, 6.07) is 0. The van der Waals surface area contributed by atoms with Gasteiger partial charge in [-0.25, -0.2) is 4.31 Å². The van der Waals surface area contributed by atoms with Gasteiger partial charge in [0.15, 0.2) is 0 Å². The zero-order valence-electron chi connectivity index (χ0n) is 8.15. The van der Waals surface area contributed by atoms with Crippen molar-refractivity contribution in [1.82, 2.24) is 4.31 Å². The van der Waals surface area contributed by atoms with Crippen molar-refractivity contribution in [2.45, 2.75) is 12.8 Å². The first kappa shape index (κ1) is 10.8. The number of carbonyl (C=O) groups is 1. The summed E-state index contributed by atoms with van der Waals surface area (Å²) in [5, 5.41) is 0. The Morgan fingerprint density at radius 3 is 2.46 bits per heavy atom. The molecule has 0 radical (unpaired) electrons. The summed E-state index contributed by atoms with van der Waals surface area (Å²) in [6.07, 6.45) is 2.77. The van der Waals surface area contributed by atoms with Gasteiger partial charge in [0.05, 0.1) is 0 Å². The van der Waals surface area contributed by atoms with E-state index in [1.165, 1.54) is 0 Å². The molecule has 1 saturated heterocycles. The molecule has 0 aromatic heterocycles. The van der Waals surface area contributed by atoms with Crippen LogP contribution in [0.5, 0.6) is 0 Å². The maximum absolute atomic E-state index is 12.0. The quantitative estimate of drug-likeness (QED) is 0.653. The summed E-state index contributed by atoms with van der Waals surface area (Å²) in [7, 11) is -0.789. The van der Waals surface area contributed by atoms with E-state index in [1.54, 1.807) is 13.4 Å². The molecule has 0 saturated carbocycles. The predicted molar refractivity (Wildman–Crippen MR) is 53.2 cm³/mol. The Morgan fingerprint density at radius 1 is 1.46 bits per heavy atom. The molecule has 0 bridgehead atoms. The number of nitrogens with zero attached hydrogens (tertiary/aromatic N) is 1. The molecule has 0 unspecified atom stereocenters. The van der Waals surface area contributed by atoms with E-state index in [2.05, 4.69) is 0 Å². The third-order valence-electron chi connectivity index (χ3n) is 2.26. The topological polar surface area (TPSA) is 46.6 Å². The maximum atomic E-state index is 12.0. The Labute approximate surface area is 79.8 Å². The fraction of sp³-hybridized carbons (Fsp3) is 0.875. The minimum atomic E-state index is -2.34. The highest BCUT2D eigenvalue weighted by atomic mass is 32.3. The summed E-state index contributed by atoms with van der Waals surface area (Å²) in [5.41, 5.74) is 0. The summed E-state index contributed by atoms with van der Waals surface area (Å²) in [6.45, 7) is 1.24. The molecule has 13 heavy (non-hydrogen) atoms. The number of rotatable bonds is 3. The van der Waals surface area contributed by atoms with Gasteiger partial charge in [0, 0.05) is 39.3 Å². The van der Waals surface area contributed by atoms with Crippen LogP contribution < -0.4 is 0 Å². The number of piperidine rings is 1. The van der Waals surface area contributed by atoms with Crippen LogP contribution in [0.15, 0.2) is 0 Å². The lowest BCUT2D eigenvalue weighted by Crippen LogP contribution is -2.44. The van der Waals surface area contributed by atoms with Crippen LogP contribution in [0.25, 0.3) is 0 Å². The molecule has 1 aliphatic heterocycles. The van der Waals surface area contributed by atoms with E-state index < -0.39 is 10.1 Å². The number of Topliss-reactive ketones (excluding diaryl/α,β-unsaturated/α-hetero) is 1. The third-order valence-corrected chi connectivity index (χ3v) is 4.60. The van der Waals surface area contributed by atoms with Crippen LogP contribution in [0.4, 0.5) is 0 Å². The van der Waals surface area contributed by atoms with E-state index in [-0.39, 0.29) is 11.7 Å². The third kappa shape index (κ3) is 2.86. The van der Waals surface area contributed by atoms with Crippen molar-refractivity contribution >= 4 is 15.9 Å². The predicted octanol–water partition coefficient (Wildman–Crippen LogP) is -0.183. The Balaban J connectivity index is 2.52. The van der Waals surface area contributed by atoms with Gasteiger partial charge in [0.2, 0.25) is 0 Å². The molecule has 0 N–H and O–H groups in total. The van der Waals surface area contributed by atoms with E-state index in [1.807, 2.05) is 4.31 Å². The molecule has 1 fully saturated rings. The summed E-state index contributed by atoms with van der Waals surface area (Å²) in [4.78, 5) is 10.9. The van der Waals surface area contributed by atoms with Crippen molar-refractivity contribution in [3.63, 3.8) is 0 Å². The second kappa shape index (κ2) is 4.30. The average molecular weight is 207 g/mol. The summed E-state index contributed by atoms with van der Waals surface area (Å²) in [5.74, 6) is 0.551. The van der Waals surface area contributed by atoms with Crippen LogP contribution in [0.2, 0.25) is 0 Å². The smallest absolute Gasteiger partial charge is 0.135 e. The van der Waals surface area contributed by atoms with Crippen LogP contribution in [-0.2, 0) is 19.7 Å². The molecular formula is C8H17NO3S. The van der Waals surface area contributed by atoms with Crippen molar-refractivity contribution < 1.29 is 13.7 Å². The van der Waals surface area contributed by atoms with Crippen LogP contribution in [-0.4, -0.2) is 46.7 Å².